The predicted octanol–water partition coefficient (Wildman–Crippen LogP) is 3.63. The highest BCUT2D eigenvalue weighted by Gasteiger charge is 2.25. The molecule has 2 unspecified atom stereocenters. The fourth-order valence-electron chi connectivity index (χ4n) is 2.50. The third-order valence-corrected chi connectivity index (χ3v) is 3.68. The van der Waals surface area contributed by atoms with Gasteiger partial charge in [0.1, 0.15) is 11.5 Å². The van der Waals surface area contributed by atoms with E-state index in [9.17, 15) is 4.79 Å². The van der Waals surface area contributed by atoms with E-state index in [1.807, 2.05) is 43.5 Å². The largest absolute Gasteiger partial charge is 0.495 e. The Morgan fingerprint density at radius 1 is 1.32 bits per heavy atom. The second kappa shape index (κ2) is 6.41. The van der Waals surface area contributed by atoms with E-state index in [2.05, 4.69) is 5.32 Å². The summed E-state index contributed by atoms with van der Waals surface area (Å²) in [5.74, 6) is 1.43. The third-order valence-electron chi connectivity index (χ3n) is 3.68. The zero-order valence-electron chi connectivity index (χ0n) is 11.6. The Kier molecular flexibility index (Phi) is 4.61. The van der Waals surface area contributed by atoms with Crippen LogP contribution in [0, 0.1) is 11.8 Å². The molecule has 0 spiro atoms. The number of methoxy groups -OCH3 is 1. The average molecular weight is 259 g/mol. The molecule has 1 saturated carbocycles. The number of rotatable bonds is 4. The summed E-state index contributed by atoms with van der Waals surface area (Å²) in [7, 11) is 1.65. The number of hydrogen-bond acceptors (Lipinski definition) is 3. The highest BCUT2D eigenvalue weighted by molar-refractivity contribution is 5.85. The summed E-state index contributed by atoms with van der Waals surface area (Å²) in [6, 6.07) is 7.74. The van der Waals surface area contributed by atoms with E-state index in [-0.39, 0.29) is 11.8 Å². The van der Waals surface area contributed by atoms with E-state index in [0.29, 0.717) is 5.78 Å². The van der Waals surface area contributed by atoms with Crippen LogP contribution in [-0.2, 0) is 4.79 Å². The number of ether oxygens (including phenoxy) is 1. The number of hydrogen-bond donors (Lipinski definition) is 1. The van der Waals surface area contributed by atoms with E-state index in [1.54, 1.807) is 7.11 Å². The van der Waals surface area contributed by atoms with Gasteiger partial charge >= 0.3 is 0 Å². The second-order valence-electron chi connectivity index (χ2n) is 5.04. The molecule has 2 rings (SSSR count). The molecule has 0 aliphatic heterocycles. The number of ketones is 1. The van der Waals surface area contributed by atoms with Gasteiger partial charge in [-0.15, -0.1) is 0 Å². The van der Waals surface area contributed by atoms with E-state index in [0.717, 1.165) is 30.7 Å². The van der Waals surface area contributed by atoms with Crippen LogP contribution in [0.2, 0.25) is 0 Å². The Balaban J connectivity index is 1.98. The molecule has 0 amide bonds. The van der Waals surface area contributed by atoms with E-state index >= 15 is 0 Å². The lowest BCUT2D eigenvalue weighted by atomic mass is 9.81. The summed E-state index contributed by atoms with van der Waals surface area (Å²) in [5, 5.41) is 3.19. The van der Waals surface area contributed by atoms with Crippen LogP contribution in [0.15, 0.2) is 36.5 Å². The first-order valence-electron chi connectivity index (χ1n) is 6.82. The number of para-hydroxylation sites is 2. The molecule has 1 aliphatic carbocycles. The Labute approximate surface area is 114 Å². The molecule has 3 heteroatoms. The van der Waals surface area contributed by atoms with Crippen molar-refractivity contribution in [2.45, 2.75) is 26.2 Å². The van der Waals surface area contributed by atoms with E-state index < -0.39 is 0 Å². The van der Waals surface area contributed by atoms with Gasteiger partial charge in [0.05, 0.1) is 12.8 Å². The summed E-state index contributed by atoms with van der Waals surface area (Å²) in [6.45, 7) is 2.02. The van der Waals surface area contributed by atoms with Gasteiger partial charge in [0.2, 0.25) is 0 Å². The molecule has 1 fully saturated rings. The van der Waals surface area contributed by atoms with Crippen LogP contribution in [0.3, 0.4) is 0 Å². The molecular formula is C16H21NO2. The van der Waals surface area contributed by atoms with Crippen molar-refractivity contribution in [3.05, 3.63) is 36.5 Å². The number of Topliss-reactive ketones (excluding diaryl/α,β-unsaturated/α-hetero) is 1. The van der Waals surface area contributed by atoms with Crippen molar-refractivity contribution >= 4 is 11.5 Å². The van der Waals surface area contributed by atoms with Gasteiger partial charge in [-0.1, -0.05) is 31.6 Å². The Morgan fingerprint density at radius 3 is 2.89 bits per heavy atom. The van der Waals surface area contributed by atoms with Gasteiger partial charge in [-0.05, 0) is 31.2 Å². The number of carbonyl (C=O) groups is 1. The Hall–Kier alpha value is -1.77. The molecule has 0 heterocycles. The zero-order valence-corrected chi connectivity index (χ0v) is 11.6. The molecule has 0 aromatic heterocycles. The van der Waals surface area contributed by atoms with Crippen LogP contribution in [0.5, 0.6) is 5.75 Å². The summed E-state index contributed by atoms with van der Waals surface area (Å²) in [5.41, 5.74) is 0.914. The number of allylic oxidation sites excluding steroid dienone is 1. The van der Waals surface area contributed by atoms with Crippen molar-refractivity contribution in [3.8, 4) is 5.75 Å². The highest BCUT2D eigenvalue weighted by atomic mass is 16.5. The van der Waals surface area contributed by atoms with Crippen molar-refractivity contribution < 1.29 is 9.53 Å². The predicted molar refractivity (Wildman–Crippen MR) is 77.3 cm³/mol. The second-order valence-corrected chi connectivity index (χ2v) is 5.04. The van der Waals surface area contributed by atoms with Crippen LogP contribution in [0.25, 0.3) is 0 Å². The average Bonchev–Trinajstić information content (AvgIpc) is 2.44. The van der Waals surface area contributed by atoms with Crippen molar-refractivity contribution in [1.82, 2.24) is 0 Å². The molecule has 0 bridgehead atoms. The normalized spacial score (nSPS) is 23.6. The zero-order chi connectivity index (χ0) is 13.7. The SMILES string of the molecule is COc1ccccc1NC=CC1CCCC(C)C1=O. The minimum Gasteiger partial charge on any atom is -0.495 e. The molecule has 2 atom stereocenters. The fourth-order valence-corrected chi connectivity index (χ4v) is 2.50. The third kappa shape index (κ3) is 3.37. The summed E-state index contributed by atoms with van der Waals surface area (Å²) in [6.07, 6.45) is 6.97. The van der Waals surface area contributed by atoms with Crippen LogP contribution >= 0.6 is 0 Å². The molecule has 3 nitrogen and oxygen atoms in total. The van der Waals surface area contributed by atoms with Crippen molar-refractivity contribution in [1.29, 1.82) is 0 Å². The van der Waals surface area contributed by atoms with E-state index in [4.69, 9.17) is 4.74 Å². The van der Waals surface area contributed by atoms with Gasteiger partial charge in [0.15, 0.2) is 0 Å². The first-order valence-corrected chi connectivity index (χ1v) is 6.82. The number of benzene rings is 1. The highest BCUT2D eigenvalue weighted by Crippen LogP contribution is 2.27. The molecule has 0 radical (unpaired) electrons. The summed E-state index contributed by atoms with van der Waals surface area (Å²) < 4.78 is 5.26. The molecular weight excluding hydrogens is 238 g/mol. The maximum Gasteiger partial charge on any atom is 0.142 e. The lowest BCUT2D eigenvalue weighted by Crippen LogP contribution is -2.25. The minimum absolute atomic E-state index is 0.0611. The Bertz CT molecular complexity index is 468. The molecule has 19 heavy (non-hydrogen) atoms. The van der Waals surface area contributed by atoms with Gasteiger partial charge in [-0.25, -0.2) is 0 Å². The lowest BCUT2D eigenvalue weighted by Gasteiger charge is -2.22. The number of anilines is 1. The molecule has 1 aromatic rings. The molecule has 102 valence electrons. The summed E-state index contributed by atoms with van der Waals surface area (Å²) in [4.78, 5) is 12.0. The molecule has 1 aromatic carbocycles. The number of nitrogens with one attached hydrogen (secondary N) is 1. The molecule has 0 saturated heterocycles. The van der Waals surface area contributed by atoms with Crippen molar-refractivity contribution in [2.75, 3.05) is 12.4 Å². The molecule has 1 N–H and O–H groups in total. The molecule has 1 aliphatic rings. The Morgan fingerprint density at radius 2 is 2.11 bits per heavy atom. The van der Waals surface area contributed by atoms with Crippen LogP contribution in [-0.4, -0.2) is 12.9 Å². The van der Waals surface area contributed by atoms with Gasteiger partial charge in [0, 0.05) is 11.8 Å². The minimum atomic E-state index is 0.0611. The number of carbonyl (C=O) groups excluding carboxylic acids is 1. The van der Waals surface area contributed by atoms with Gasteiger partial charge < -0.3 is 10.1 Å². The smallest absolute Gasteiger partial charge is 0.142 e. The van der Waals surface area contributed by atoms with Crippen LogP contribution in [0.1, 0.15) is 26.2 Å². The van der Waals surface area contributed by atoms with Crippen LogP contribution < -0.4 is 10.1 Å². The maximum absolute atomic E-state index is 12.0. The van der Waals surface area contributed by atoms with E-state index in [1.165, 1.54) is 0 Å². The summed E-state index contributed by atoms with van der Waals surface area (Å²) >= 11 is 0. The topological polar surface area (TPSA) is 38.3 Å². The maximum atomic E-state index is 12.0. The quantitative estimate of drug-likeness (QED) is 0.897. The van der Waals surface area contributed by atoms with Gasteiger partial charge in [0.25, 0.3) is 0 Å². The first-order chi connectivity index (χ1) is 9.22. The van der Waals surface area contributed by atoms with Crippen molar-refractivity contribution in [2.24, 2.45) is 11.8 Å². The van der Waals surface area contributed by atoms with Gasteiger partial charge in [-0.2, -0.15) is 0 Å². The fraction of sp³-hybridized carbons (Fsp3) is 0.438. The van der Waals surface area contributed by atoms with Crippen LogP contribution in [0.4, 0.5) is 5.69 Å². The first kappa shape index (κ1) is 13.7. The van der Waals surface area contributed by atoms with Crippen molar-refractivity contribution in [3.63, 3.8) is 0 Å². The monoisotopic (exact) mass is 259 g/mol. The van der Waals surface area contributed by atoms with Gasteiger partial charge in [-0.3, -0.25) is 4.79 Å². The standard InChI is InChI=1S/C16H21NO2/c1-12-6-5-7-13(16(12)18)10-11-17-14-8-3-4-9-15(14)19-2/h3-4,8-13,17H,5-7H2,1-2H3. The lowest BCUT2D eigenvalue weighted by molar-refractivity contribution is -0.126.